The van der Waals surface area contributed by atoms with E-state index in [0.29, 0.717) is 17.4 Å². The van der Waals surface area contributed by atoms with Gasteiger partial charge in [-0.15, -0.1) is 0 Å². The number of benzene rings is 2. The van der Waals surface area contributed by atoms with Crippen LogP contribution >= 0.6 is 0 Å². The van der Waals surface area contributed by atoms with Gasteiger partial charge in [0.2, 0.25) is 0 Å². The summed E-state index contributed by atoms with van der Waals surface area (Å²) in [4.78, 5) is 15.6. The highest BCUT2D eigenvalue weighted by Gasteiger charge is 2.22. The van der Waals surface area contributed by atoms with Crippen molar-refractivity contribution < 1.29 is 23.9 Å². The molecule has 36 heavy (non-hydrogen) atoms. The second-order valence-corrected chi connectivity index (χ2v) is 8.87. The molecule has 9 heteroatoms. The minimum absolute atomic E-state index is 0.0879. The van der Waals surface area contributed by atoms with Crippen LogP contribution in [0.1, 0.15) is 53.0 Å². The maximum Gasteiger partial charge on any atom is 0.311 e. The van der Waals surface area contributed by atoms with Gasteiger partial charge in [0.25, 0.3) is 0 Å². The maximum absolute atomic E-state index is 13.3. The van der Waals surface area contributed by atoms with Crippen LogP contribution in [0, 0.1) is 25.5 Å². The number of nitrogens with one attached hydrogen (secondary N) is 1. The summed E-state index contributed by atoms with van der Waals surface area (Å²) in [5, 5.41) is 24.2. The zero-order valence-electron chi connectivity index (χ0n) is 20.2. The first-order valence-corrected chi connectivity index (χ1v) is 11.6. The summed E-state index contributed by atoms with van der Waals surface area (Å²) in [6, 6.07) is 12.6. The summed E-state index contributed by atoms with van der Waals surface area (Å²) in [6.45, 7) is 3.91. The molecular formula is C27H30F2N4O3. The summed E-state index contributed by atoms with van der Waals surface area (Å²) in [6.07, 6.45) is 5.45. The van der Waals surface area contributed by atoms with Gasteiger partial charge >= 0.3 is 5.97 Å². The third-order valence-electron chi connectivity index (χ3n) is 6.23. The lowest BCUT2D eigenvalue weighted by atomic mass is 9.91. The topological polar surface area (TPSA) is 121 Å². The van der Waals surface area contributed by atoms with Gasteiger partial charge in [-0.05, 0) is 86.1 Å². The third kappa shape index (κ3) is 7.00. The molecular weight excluding hydrogens is 466 g/mol. The minimum atomic E-state index is -1.10. The van der Waals surface area contributed by atoms with E-state index in [4.69, 9.17) is 10.9 Å². The van der Waals surface area contributed by atoms with Gasteiger partial charge in [0.15, 0.2) is 5.84 Å². The average Bonchev–Trinajstić information content (AvgIpc) is 2.81. The summed E-state index contributed by atoms with van der Waals surface area (Å²) >= 11 is 0. The Morgan fingerprint density at radius 2 is 1.83 bits per heavy atom. The lowest BCUT2D eigenvalue weighted by molar-refractivity contribution is -0.138. The Balaban J connectivity index is 0.000000212. The van der Waals surface area contributed by atoms with E-state index in [1.807, 2.05) is 32.0 Å². The number of aliphatic carboxylic acids is 1. The van der Waals surface area contributed by atoms with Crippen molar-refractivity contribution in [2.45, 2.75) is 51.5 Å². The molecule has 1 heterocycles. The second-order valence-electron chi connectivity index (χ2n) is 8.87. The number of oxime groups is 1. The van der Waals surface area contributed by atoms with Crippen LogP contribution in [0.5, 0.6) is 0 Å². The van der Waals surface area contributed by atoms with Crippen LogP contribution in [-0.4, -0.2) is 33.1 Å². The number of hydrogen-bond acceptors (Lipinski definition) is 5. The second kappa shape index (κ2) is 12.1. The van der Waals surface area contributed by atoms with E-state index >= 15 is 0 Å². The molecule has 5 N–H and O–H groups in total. The zero-order valence-corrected chi connectivity index (χ0v) is 20.2. The minimum Gasteiger partial charge on any atom is -0.481 e. The fourth-order valence-corrected chi connectivity index (χ4v) is 3.82. The maximum atomic E-state index is 13.3. The molecule has 1 atom stereocenters. The smallest absolute Gasteiger partial charge is 0.311 e. The number of nitrogens with two attached hydrogens (primary N) is 1. The highest BCUT2D eigenvalue weighted by molar-refractivity contribution is 6.01. The van der Waals surface area contributed by atoms with Crippen molar-refractivity contribution in [1.29, 1.82) is 0 Å². The molecule has 0 spiro atoms. The fourth-order valence-electron chi connectivity index (χ4n) is 3.82. The van der Waals surface area contributed by atoms with Crippen LogP contribution in [0.15, 0.2) is 59.9 Å². The molecule has 0 bridgehead atoms. The van der Waals surface area contributed by atoms with Crippen LogP contribution in [0.3, 0.4) is 0 Å². The molecule has 0 amide bonds. The molecule has 4 rings (SSSR count). The number of anilines is 1. The van der Waals surface area contributed by atoms with Gasteiger partial charge in [-0.3, -0.25) is 4.79 Å². The Labute approximate surface area is 208 Å². The Kier molecular flexibility index (Phi) is 8.94. The number of hydrogen-bond donors (Lipinski definition) is 4. The van der Waals surface area contributed by atoms with Crippen molar-refractivity contribution >= 4 is 17.6 Å². The van der Waals surface area contributed by atoms with E-state index in [2.05, 4.69) is 15.5 Å². The van der Waals surface area contributed by atoms with Crippen LogP contribution in [0.4, 0.5) is 14.6 Å². The average molecular weight is 497 g/mol. The molecule has 1 aromatic heterocycles. The van der Waals surface area contributed by atoms with Crippen molar-refractivity contribution in [3.63, 3.8) is 0 Å². The van der Waals surface area contributed by atoms with E-state index in [-0.39, 0.29) is 17.8 Å². The standard InChI is InChI=1S/C17H16F2O2.C10H14N4O/c1-10-3-4-12(5-11(10)2)6-16(17(20)21)13-7-14(18)9-15(19)8-13;11-9(14-15)8-5-2-6-12-10(8)13-7-3-1-4-7/h3-5,7-9,16H,6H2,1-2H3,(H,20,21);2,5-7,15H,1,3-4H2,(H2,11,14)(H,12,13). The first-order valence-electron chi connectivity index (χ1n) is 11.6. The first kappa shape index (κ1) is 26.6. The Hall–Kier alpha value is -4.01. The molecule has 0 aliphatic heterocycles. The largest absolute Gasteiger partial charge is 0.481 e. The van der Waals surface area contributed by atoms with Gasteiger partial charge < -0.3 is 21.4 Å². The third-order valence-corrected chi connectivity index (χ3v) is 6.23. The first-order chi connectivity index (χ1) is 17.2. The van der Waals surface area contributed by atoms with E-state index in [1.165, 1.54) is 6.42 Å². The Bertz CT molecular complexity index is 1230. The molecule has 3 aromatic rings. The van der Waals surface area contributed by atoms with Gasteiger partial charge in [0.1, 0.15) is 17.5 Å². The number of nitrogens with zero attached hydrogens (tertiary/aromatic N) is 2. The highest BCUT2D eigenvalue weighted by atomic mass is 19.1. The number of rotatable bonds is 7. The molecule has 0 radical (unpaired) electrons. The molecule has 1 saturated carbocycles. The predicted octanol–water partition coefficient (Wildman–Crippen LogP) is 5.13. The molecule has 2 aromatic carbocycles. The summed E-state index contributed by atoms with van der Waals surface area (Å²) in [7, 11) is 0. The van der Waals surface area contributed by atoms with Gasteiger partial charge in [0.05, 0.1) is 11.5 Å². The van der Waals surface area contributed by atoms with E-state index in [9.17, 15) is 18.7 Å². The van der Waals surface area contributed by atoms with Crippen molar-refractivity contribution in [1.82, 2.24) is 4.98 Å². The molecule has 1 fully saturated rings. The van der Waals surface area contributed by atoms with Crippen LogP contribution < -0.4 is 11.1 Å². The van der Waals surface area contributed by atoms with E-state index in [1.54, 1.807) is 18.3 Å². The number of amidine groups is 1. The van der Waals surface area contributed by atoms with Gasteiger partial charge in [-0.2, -0.15) is 0 Å². The number of carbonyl (C=O) groups is 1. The van der Waals surface area contributed by atoms with Crippen molar-refractivity contribution in [3.8, 4) is 0 Å². The van der Waals surface area contributed by atoms with E-state index < -0.39 is 23.5 Å². The van der Waals surface area contributed by atoms with Crippen molar-refractivity contribution in [2.75, 3.05) is 5.32 Å². The van der Waals surface area contributed by atoms with Gasteiger partial charge in [-0.25, -0.2) is 13.8 Å². The Morgan fingerprint density at radius 1 is 1.14 bits per heavy atom. The monoisotopic (exact) mass is 496 g/mol. The van der Waals surface area contributed by atoms with Crippen LogP contribution in [0.2, 0.25) is 0 Å². The number of pyridine rings is 1. The zero-order chi connectivity index (χ0) is 26.2. The van der Waals surface area contributed by atoms with Crippen LogP contribution in [0.25, 0.3) is 0 Å². The molecule has 7 nitrogen and oxygen atoms in total. The number of carboxylic acid groups (broad SMARTS) is 1. The highest BCUT2D eigenvalue weighted by Crippen LogP contribution is 2.25. The number of halogens is 2. The summed E-state index contributed by atoms with van der Waals surface area (Å²) < 4.78 is 26.5. The quantitative estimate of drug-likeness (QED) is 0.156. The summed E-state index contributed by atoms with van der Waals surface area (Å²) in [5.74, 6) is -2.83. The number of carboxylic acids is 1. The lowest BCUT2D eigenvalue weighted by Crippen LogP contribution is -2.29. The van der Waals surface area contributed by atoms with Crippen molar-refractivity contribution in [3.05, 3.63) is 94.2 Å². The molecule has 190 valence electrons. The number of aromatic nitrogens is 1. The summed E-state index contributed by atoms with van der Waals surface area (Å²) in [5.41, 5.74) is 9.33. The lowest BCUT2D eigenvalue weighted by Gasteiger charge is -2.27. The molecule has 1 aliphatic carbocycles. The SMILES string of the molecule is Cc1ccc(CC(C(=O)O)c2cc(F)cc(F)c2)cc1C.NC(=NO)c1cccnc1NC1CCC1. The normalized spacial score (nSPS) is 14.3. The van der Waals surface area contributed by atoms with Gasteiger partial charge in [-0.1, -0.05) is 23.4 Å². The van der Waals surface area contributed by atoms with Gasteiger partial charge in [0, 0.05) is 18.3 Å². The molecule has 0 saturated heterocycles. The predicted molar refractivity (Wildman–Crippen MR) is 134 cm³/mol. The van der Waals surface area contributed by atoms with Crippen LogP contribution in [-0.2, 0) is 11.2 Å². The Morgan fingerprint density at radius 3 is 2.39 bits per heavy atom. The van der Waals surface area contributed by atoms with Crippen molar-refractivity contribution in [2.24, 2.45) is 10.9 Å². The molecule has 1 aliphatic rings. The fraction of sp³-hybridized carbons (Fsp3) is 0.296. The number of aryl methyl sites for hydroxylation is 2. The molecule has 1 unspecified atom stereocenters. The van der Waals surface area contributed by atoms with E-state index in [0.717, 1.165) is 47.7 Å².